The van der Waals surface area contributed by atoms with Crippen molar-refractivity contribution < 1.29 is 14.3 Å². The number of alkyl carbamates (subject to hydrolysis) is 1. The summed E-state index contributed by atoms with van der Waals surface area (Å²) in [5, 5.41) is 6.88. The second-order valence-electron chi connectivity index (χ2n) is 6.69. The van der Waals surface area contributed by atoms with Crippen molar-refractivity contribution in [2.24, 2.45) is 5.92 Å². The van der Waals surface area contributed by atoms with Crippen LogP contribution >= 0.6 is 22.9 Å². The van der Waals surface area contributed by atoms with Gasteiger partial charge in [0.05, 0.1) is 21.9 Å². The zero-order valence-electron chi connectivity index (χ0n) is 15.5. The second-order valence-corrected chi connectivity index (χ2v) is 8.16. The SMILES string of the molecule is CC(C)OC(=O)N[C@H](C(=O)N[C@H](C)c1nc2c(Cl)cccc2s1)C(C)C. The molecule has 8 heteroatoms. The number of aromatic nitrogens is 1. The predicted molar refractivity (Wildman–Crippen MR) is 105 cm³/mol. The van der Waals surface area contributed by atoms with Crippen molar-refractivity contribution in [3.63, 3.8) is 0 Å². The van der Waals surface area contributed by atoms with Crippen LogP contribution in [0.3, 0.4) is 0 Å². The summed E-state index contributed by atoms with van der Waals surface area (Å²) in [6, 6.07) is 4.60. The van der Waals surface area contributed by atoms with Crippen LogP contribution < -0.4 is 10.6 Å². The number of thiazole rings is 1. The van der Waals surface area contributed by atoms with Crippen LogP contribution in [0.5, 0.6) is 0 Å². The number of hydrogen-bond donors (Lipinski definition) is 2. The molecule has 0 aliphatic carbocycles. The summed E-state index contributed by atoms with van der Waals surface area (Å²) in [5.41, 5.74) is 0.731. The lowest BCUT2D eigenvalue weighted by Crippen LogP contribution is -2.50. The van der Waals surface area contributed by atoms with Crippen LogP contribution in [0, 0.1) is 5.92 Å². The molecule has 0 aliphatic heterocycles. The van der Waals surface area contributed by atoms with E-state index in [1.54, 1.807) is 19.9 Å². The molecular weight excluding hydrogens is 374 g/mol. The van der Waals surface area contributed by atoms with Crippen LogP contribution in [0.4, 0.5) is 4.79 Å². The maximum atomic E-state index is 12.6. The number of rotatable bonds is 6. The van der Waals surface area contributed by atoms with Gasteiger partial charge in [0.15, 0.2) is 0 Å². The van der Waals surface area contributed by atoms with Gasteiger partial charge in [0.25, 0.3) is 0 Å². The molecular formula is C18H24ClN3O3S. The first kappa shape index (κ1) is 20.5. The van der Waals surface area contributed by atoms with Crippen LogP contribution in [-0.4, -0.2) is 29.1 Å². The lowest BCUT2D eigenvalue weighted by Gasteiger charge is -2.23. The molecule has 2 aromatic rings. The van der Waals surface area contributed by atoms with Crippen molar-refractivity contribution in [1.29, 1.82) is 0 Å². The minimum Gasteiger partial charge on any atom is -0.447 e. The highest BCUT2D eigenvalue weighted by Crippen LogP contribution is 2.30. The Kier molecular flexibility index (Phi) is 6.83. The average molecular weight is 398 g/mol. The van der Waals surface area contributed by atoms with Crippen molar-refractivity contribution in [3.8, 4) is 0 Å². The normalized spacial score (nSPS) is 13.7. The minimum absolute atomic E-state index is 0.0910. The molecule has 0 bridgehead atoms. The number of hydrogen-bond acceptors (Lipinski definition) is 5. The molecule has 1 heterocycles. The molecule has 2 amide bonds. The number of nitrogens with zero attached hydrogens (tertiary/aromatic N) is 1. The van der Waals surface area contributed by atoms with Crippen molar-refractivity contribution in [3.05, 3.63) is 28.2 Å². The maximum Gasteiger partial charge on any atom is 0.408 e. The number of fused-ring (bicyclic) bond motifs is 1. The summed E-state index contributed by atoms with van der Waals surface area (Å²) < 4.78 is 6.03. The monoisotopic (exact) mass is 397 g/mol. The number of carbonyl (C=O) groups is 2. The van der Waals surface area contributed by atoms with Crippen LogP contribution in [0.15, 0.2) is 18.2 Å². The summed E-state index contributed by atoms with van der Waals surface area (Å²) in [5.74, 6) is -0.370. The van der Waals surface area contributed by atoms with Gasteiger partial charge in [0.1, 0.15) is 16.6 Å². The largest absolute Gasteiger partial charge is 0.447 e. The fourth-order valence-corrected chi connectivity index (χ4v) is 3.66. The summed E-state index contributed by atoms with van der Waals surface area (Å²) >= 11 is 7.65. The van der Waals surface area contributed by atoms with Crippen LogP contribution in [0.1, 0.15) is 45.7 Å². The van der Waals surface area contributed by atoms with Gasteiger partial charge in [-0.2, -0.15) is 0 Å². The molecule has 0 radical (unpaired) electrons. The third-order valence-corrected chi connectivity index (χ3v) is 5.19. The van der Waals surface area contributed by atoms with Gasteiger partial charge < -0.3 is 15.4 Å². The van der Waals surface area contributed by atoms with Crippen LogP contribution in [0.25, 0.3) is 10.2 Å². The summed E-state index contributed by atoms with van der Waals surface area (Å²) in [4.78, 5) is 29.0. The Hall–Kier alpha value is -1.86. The van der Waals surface area contributed by atoms with Crippen LogP contribution in [-0.2, 0) is 9.53 Å². The van der Waals surface area contributed by atoms with Gasteiger partial charge in [-0.3, -0.25) is 4.79 Å². The Morgan fingerprint density at radius 1 is 1.15 bits per heavy atom. The number of amides is 2. The fourth-order valence-electron chi connectivity index (χ4n) is 2.39. The molecule has 0 saturated carbocycles. The number of ether oxygens (including phenoxy) is 1. The highest BCUT2D eigenvalue weighted by Gasteiger charge is 2.27. The molecule has 1 aromatic carbocycles. The van der Waals surface area contributed by atoms with Gasteiger partial charge >= 0.3 is 6.09 Å². The smallest absolute Gasteiger partial charge is 0.408 e. The van der Waals surface area contributed by atoms with Crippen molar-refractivity contribution in [2.45, 2.75) is 52.8 Å². The number of para-hydroxylation sites is 1. The Bertz CT molecular complexity index is 791. The average Bonchev–Trinajstić information content (AvgIpc) is 2.97. The maximum absolute atomic E-state index is 12.6. The molecule has 142 valence electrons. The first-order valence-electron chi connectivity index (χ1n) is 8.51. The first-order chi connectivity index (χ1) is 12.2. The van der Waals surface area contributed by atoms with E-state index >= 15 is 0 Å². The van der Waals surface area contributed by atoms with E-state index in [0.717, 1.165) is 15.2 Å². The molecule has 2 atom stereocenters. The van der Waals surface area contributed by atoms with Gasteiger partial charge in [-0.05, 0) is 38.8 Å². The molecule has 0 aliphatic rings. The number of halogens is 1. The number of carbonyl (C=O) groups excluding carboxylic acids is 2. The number of benzene rings is 1. The van der Waals surface area contributed by atoms with Gasteiger partial charge in [-0.25, -0.2) is 9.78 Å². The zero-order chi connectivity index (χ0) is 19.4. The molecule has 0 saturated heterocycles. The Labute approximate surface area is 162 Å². The van der Waals surface area contributed by atoms with Gasteiger partial charge in [0.2, 0.25) is 5.91 Å². The lowest BCUT2D eigenvalue weighted by molar-refractivity contribution is -0.124. The zero-order valence-corrected chi connectivity index (χ0v) is 17.1. The predicted octanol–water partition coefficient (Wildman–Crippen LogP) is 4.29. The quantitative estimate of drug-likeness (QED) is 0.762. The third-order valence-electron chi connectivity index (χ3n) is 3.68. The van der Waals surface area contributed by atoms with E-state index in [1.165, 1.54) is 11.3 Å². The topological polar surface area (TPSA) is 80.3 Å². The van der Waals surface area contributed by atoms with Crippen molar-refractivity contribution >= 4 is 45.2 Å². The Morgan fingerprint density at radius 2 is 1.85 bits per heavy atom. The molecule has 2 N–H and O–H groups in total. The van der Waals surface area contributed by atoms with Gasteiger partial charge in [-0.15, -0.1) is 11.3 Å². The molecule has 0 fully saturated rings. The van der Waals surface area contributed by atoms with Crippen molar-refractivity contribution in [2.75, 3.05) is 0 Å². The van der Waals surface area contributed by atoms with E-state index in [2.05, 4.69) is 15.6 Å². The van der Waals surface area contributed by atoms with E-state index in [-0.39, 0.29) is 24.0 Å². The third kappa shape index (κ3) is 5.08. The fraction of sp³-hybridized carbons (Fsp3) is 0.500. The standard InChI is InChI=1S/C18H24ClN3O3S/c1-9(2)14(22-18(24)25-10(3)4)16(23)20-11(5)17-21-15-12(19)7-6-8-13(15)26-17/h6-11,14H,1-5H3,(H,20,23)(H,22,24)/t11-,14+/m1/s1. The van der Waals surface area contributed by atoms with Crippen molar-refractivity contribution in [1.82, 2.24) is 15.6 Å². The second kappa shape index (κ2) is 8.68. The van der Waals surface area contributed by atoms with Gasteiger partial charge in [0, 0.05) is 0 Å². The van der Waals surface area contributed by atoms with Crippen LogP contribution in [0.2, 0.25) is 5.02 Å². The van der Waals surface area contributed by atoms with E-state index in [1.807, 2.05) is 32.9 Å². The molecule has 2 rings (SSSR count). The first-order valence-corrected chi connectivity index (χ1v) is 9.71. The summed E-state index contributed by atoms with van der Waals surface area (Å²) in [7, 11) is 0. The summed E-state index contributed by atoms with van der Waals surface area (Å²) in [6.45, 7) is 9.09. The minimum atomic E-state index is -0.693. The molecule has 0 spiro atoms. The summed E-state index contributed by atoms with van der Waals surface area (Å²) in [6.07, 6.45) is -0.856. The van der Waals surface area contributed by atoms with Gasteiger partial charge in [-0.1, -0.05) is 31.5 Å². The Balaban J connectivity index is 2.09. The molecule has 1 aromatic heterocycles. The Morgan fingerprint density at radius 3 is 2.42 bits per heavy atom. The molecule has 0 unspecified atom stereocenters. The highest BCUT2D eigenvalue weighted by molar-refractivity contribution is 7.18. The molecule has 26 heavy (non-hydrogen) atoms. The van der Waals surface area contributed by atoms with E-state index in [0.29, 0.717) is 5.02 Å². The van der Waals surface area contributed by atoms with E-state index in [9.17, 15) is 9.59 Å². The molecule has 6 nitrogen and oxygen atoms in total. The lowest BCUT2D eigenvalue weighted by atomic mass is 10.0. The number of nitrogens with one attached hydrogen (secondary N) is 2. The highest BCUT2D eigenvalue weighted by atomic mass is 35.5. The van der Waals surface area contributed by atoms with E-state index < -0.39 is 12.1 Å². The van der Waals surface area contributed by atoms with E-state index in [4.69, 9.17) is 16.3 Å².